The predicted molar refractivity (Wildman–Crippen MR) is 163 cm³/mol. The molecule has 1 aromatic carbocycles. The van der Waals surface area contributed by atoms with Crippen LogP contribution in [0.15, 0.2) is 66.4 Å². The molecule has 1 aliphatic carbocycles. The number of pyridine rings is 1. The van der Waals surface area contributed by atoms with Gasteiger partial charge in [-0.05, 0) is 73.1 Å². The van der Waals surface area contributed by atoms with E-state index in [2.05, 4.69) is 28.9 Å². The molecule has 10 nitrogen and oxygen atoms in total. The number of allylic oxidation sites excluding steroid dienone is 1. The van der Waals surface area contributed by atoms with Crippen LogP contribution in [0.4, 0.5) is 0 Å². The summed E-state index contributed by atoms with van der Waals surface area (Å²) in [5.74, 6) is -0.581. The number of aromatic nitrogens is 1. The third kappa shape index (κ3) is 8.04. The molecule has 4 rings (SSSR count). The quantitative estimate of drug-likeness (QED) is 0.219. The van der Waals surface area contributed by atoms with Gasteiger partial charge in [0.1, 0.15) is 17.9 Å². The number of sulfonamides is 1. The lowest BCUT2D eigenvalue weighted by Crippen LogP contribution is -2.54. The standard InChI is InChI=1S/C31H42N6O4S/c1-22-19-24(28(32)33)15-16-31(22,2)21-35-29(38)27-12-8-18-37(27)30(39)26(14-13-25-11-6-7-17-34-25)36-42(40,41)20-23-9-4-3-5-10-23/h3-7,9-11,15,17,22,26-27,36H,8,12-14,16,18-21H2,1-2H3,(H3,32,33)(H,35,38)/t22?,26?,27-,31?/m1/s1. The van der Waals surface area contributed by atoms with Crippen LogP contribution in [0.3, 0.4) is 0 Å². The maximum absolute atomic E-state index is 13.9. The van der Waals surface area contributed by atoms with Gasteiger partial charge in [0.25, 0.3) is 0 Å². The van der Waals surface area contributed by atoms with Crippen molar-refractivity contribution in [2.24, 2.45) is 17.1 Å². The predicted octanol–water partition coefficient (Wildman–Crippen LogP) is 2.91. The van der Waals surface area contributed by atoms with Gasteiger partial charge in [0, 0.05) is 25.0 Å². The van der Waals surface area contributed by atoms with Gasteiger partial charge in [-0.25, -0.2) is 13.1 Å². The minimum atomic E-state index is -3.85. The van der Waals surface area contributed by atoms with Crippen LogP contribution in [-0.4, -0.2) is 61.1 Å². The number of nitrogens with two attached hydrogens (primary N) is 1. The fourth-order valence-corrected chi connectivity index (χ4v) is 7.08. The first kappa shape index (κ1) is 31.4. The third-order valence-electron chi connectivity index (χ3n) is 8.62. The van der Waals surface area contributed by atoms with Crippen molar-refractivity contribution >= 4 is 27.7 Å². The van der Waals surface area contributed by atoms with E-state index in [9.17, 15) is 18.0 Å². The zero-order valence-electron chi connectivity index (χ0n) is 24.4. The fourth-order valence-electron chi connectivity index (χ4n) is 5.72. The molecule has 226 valence electrons. The van der Waals surface area contributed by atoms with Gasteiger partial charge in [-0.2, -0.15) is 0 Å². The van der Waals surface area contributed by atoms with E-state index >= 15 is 0 Å². The highest BCUT2D eigenvalue weighted by Crippen LogP contribution is 2.39. The summed E-state index contributed by atoms with van der Waals surface area (Å²) >= 11 is 0. The van der Waals surface area contributed by atoms with Crippen molar-refractivity contribution in [1.82, 2.24) is 19.9 Å². The Balaban J connectivity index is 1.45. The van der Waals surface area contributed by atoms with Gasteiger partial charge in [0.2, 0.25) is 21.8 Å². The van der Waals surface area contributed by atoms with E-state index in [1.54, 1.807) is 36.5 Å². The van der Waals surface area contributed by atoms with Crippen LogP contribution in [0, 0.1) is 16.7 Å². The van der Waals surface area contributed by atoms with Crippen molar-refractivity contribution in [2.45, 2.75) is 70.2 Å². The normalized spacial score (nSPS) is 23.2. The van der Waals surface area contributed by atoms with Crippen molar-refractivity contribution in [3.8, 4) is 0 Å². The summed E-state index contributed by atoms with van der Waals surface area (Å²) in [7, 11) is -3.85. The van der Waals surface area contributed by atoms with E-state index in [1.807, 2.05) is 24.3 Å². The van der Waals surface area contributed by atoms with Gasteiger partial charge in [0.15, 0.2) is 0 Å². The Morgan fingerprint density at radius 2 is 1.93 bits per heavy atom. The maximum atomic E-state index is 13.9. The van der Waals surface area contributed by atoms with Crippen LogP contribution in [0.1, 0.15) is 57.2 Å². The van der Waals surface area contributed by atoms with E-state index < -0.39 is 28.0 Å². The van der Waals surface area contributed by atoms with Gasteiger partial charge < -0.3 is 16.0 Å². The smallest absolute Gasteiger partial charge is 0.242 e. The number of amidine groups is 1. The number of benzene rings is 1. The van der Waals surface area contributed by atoms with Crippen LogP contribution in [0.2, 0.25) is 0 Å². The summed E-state index contributed by atoms with van der Waals surface area (Å²) in [6.07, 6.45) is 6.81. The van der Waals surface area contributed by atoms with E-state index in [-0.39, 0.29) is 35.2 Å². The summed E-state index contributed by atoms with van der Waals surface area (Å²) in [5, 5.41) is 10.8. The van der Waals surface area contributed by atoms with Crippen LogP contribution in [-0.2, 0) is 31.8 Å². The molecule has 0 bridgehead atoms. The number of likely N-dealkylation sites (tertiary alicyclic amines) is 1. The largest absolute Gasteiger partial charge is 0.384 e. The summed E-state index contributed by atoms with van der Waals surface area (Å²) in [6.45, 7) is 5.02. The zero-order chi connectivity index (χ0) is 30.3. The number of hydrogen-bond acceptors (Lipinski definition) is 6. The lowest BCUT2D eigenvalue weighted by molar-refractivity contribution is -0.140. The van der Waals surface area contributed by atoms with Crippen molar-refractivity contribution in [2.75, 3.05) is 13.1 Å². The number of carbonyl (C=O) groups excluding carboxylic acids is 2. The molecule has 1 aromatic heterocycles. The molecule has 3 unspecified atom stereocenters. The van der Waals surface area contributed by atoms with E-state index in [4.69, 9.17) is 11.1 Å². The second kappa shape index (κ2) is 13.6. The number of carbonyl (C=O) groups is 2. The van der Waals surface area contributed by atoms with Gasteiger partial charge >= 0.3 is 0 Å². The number of amides is 2. The fraction of sp³-hybridized carbons (Fsp3) is 0.484. The van der Waals surface area contributed by atoms with E-state index in [1.165, 1.54) is 4.90 Å². The first-order valence-electron chi connectivity index (χ1n) is 14.5. The molecule has 2 heterocycles. The van der Waals surface area contributed by atoms with Crippen LogP contribution in [0.25, 0.3) is 0 Å². The van der Waals surface area contributed by atoms with Crippen LogP contribution in [0.5, 0.6) is 0 Å². The first-order valence-corrected chi connectivity index (χ1v) is 16.2. The van der Waals surface area contributed by atoms with E-state index in [0.29, 0.717) is 50.8 Å². The van der Waals surface area contributed by atoms with Gasteiger partial charge in [-0.1, -0.05) is 56.3 Å². The third-order valence-corrected chi connectivity index (χ3v) is 9.97. The number of rotatable bonds is 12. The Hall–Kier alpha value is -3.57. The molecule has 2 aliphatic rings. The average molecular weight is 595 g/mol. The molecule has 2 amide bonds. The summed E-state index contributed by atoms with van der Waals surface area (Å²) in [4.78, 5) is 33.2. The topological polar surface area (TPSA) is 158 Å². The molecule has 11 heteroatoms. The minimum Gasteiger partial charge on any atom is -0.384 e. The molecule has 5 N–H and O–H groups in total. The SMILES string of the molecule is CC1CC(C(=N)N)=CCC1(C)CNC(=O)[C@H]1CCCN1C(=O)C(CCc1ccccn1)NS(=O)(=O)Cc1ccccc1. The molecule has 4 atom stereocenters. The highest BCUT2D eigenvalue weighted by atomic mass is 32.2. The molecule has 0 saturated carbocycles. The Kier molecular flexibility index (Phi) is 10.2. The molecular formula is C31H42N6O4S. The van der Waals surface area contributed by atoms with Crippen molar-refractivity contribution in [1.29, 1.82) is 5.41 Å². The number of hydrogen-bond donors (Lipinski definition) is 4. The van der Waals surface area contributed by atoms with Crippen LogP contribution >= 0.6 is 0 Å². The van der Waals surface area contributed by atoms with Crippen molar-refractivity contribution < 1.29 is 18.0 Å². The number of aryl methyl sites for hydroxylation is 1. The molecular weight excluding hydrogens is 552 g/mol. The average Bonchev–Trinajstić information content (AvgIpc) is 3.46. The van der Waals surface area contributed by atoms with Crippen LogP contribution < -0.4 is 15.8 Å². The number of nitrogens with zero attached hydrogens (tertiary/aromatic N) is 2. The molecule has 42 heavy (non-hydrogen) atoms. The van der Waals surface area contributed by atoms with Crippen molar-refractivity contribution in [3.63, 3.8) is 0 Å². The molecule has 0 radical (unpaired) electrons. The Morgan fingerprint density at radius 1 is 1.19 bits per heavy atom. The lowest BCUT2D eigenvalue weighted by atomic mass is 9.68. The molecule has 0 spiro atoms. The first-order chi connectivity index (χ1) is 20.0. The van der Waals surface area contributed by atoms with E-state index in [0.717, 1.165) is 11.3 Å². The maximum Gasteiger partial charge on any atom is 0.242 e. The minimum absolute atomic E-state index is 0.0880. The van der Waals surface area contributed by atoms with Crippen molar-refractivity contribution in [3.05, 3.63) is 77.6 Å². The number of nitrogens with one attached hydrogen (secondary N) is 3. The second-order valence-corrected chi connectivity index (χ2v) is 13.5. The molecule has 1 aliphatic heterocycles. The van der Waals surface area contributed by atoms with Gasteiger partial charge in [0.05, 0.1) is 5.75 Å². The Bertz CT molecular complexity index is 1400. The molecule has 2 aromatic rings. The molecule has 1 fully saturated rings. The summed E-state index contributed by atoms with van der Waals surface area (Å²) in [6, 6.07) is 12.6. The monoisotopic (exact) mass is 594 g/mol. The van der Waals surface area contributed by atoms with Gasteiger partial charge in [-0.15, -0.1) is 0 Å². The zero-order valence-corrected chi connectivity index (χ0v) is 25.2. The lowest BCUT2D eigenvalue weighted by Gasteiger charge is -2.39. The Labute approximate surface area is 248 Å². The highest BCUT2D eigenvalue weighted by molar-refractivity contribution is 7.88. The van der Waals surface area contributed by atoms with Gasteiger partial charge in [-0.3, -0.25) is 20.0 Å². The summed E-state index contributed by atoms with van der Waals surface area (Å²) < 4.78 is 29.0. The molecule has 1 saturated heterocycles. The summed E-state index contributed by atoms with van der Waals surface area (Å²) in [5.41, 5.74) is 7.69. The second-order valence-electron chi connectivity index (χ2n) is 11.8. The Morgan fingerprint density at radius 3 is 2.60 bits per heavy atom. The highest BCUT2D eigenvalue weighted by Gasteiger charge is 2.40.